The summed E-state index contributed by atoms with van der Waals surface area (Å²) in [6.07, 6.45) is 0. The van der Waals surface area contributed by atoms with Gasteiger partial charge < -0.3 is 4.74 Å². The third-order valence-electron chi connectivity index (χ3n) is 2.51. The van der Waals surface area contributed by atoms with Gasteiger partial charge in [-0.1, -0.05) is 35.3 Å². The van der Waals surface area contributed by atoms with Gasteiger partial charge in [0, 0.05) is 21.2 Å². The van der Waals surface area contributed by atoms with Gasteiger partial charge in [-0.05, 0) is 41.9 Å². The fourth-order valence-corrected chi connectivity index (χ4v) is 2.16. The molecule has 0 saturated heterocycles. The van der Waals surface area contributed by atoms with Crippen molar-refractivity contribution in [3.05, 3.63) is 63.6 Å². The van der Waals surface area contributed by atoms with Crippen molar-refractivity contribution in [1.82, 2.24) is 0 Å². The summed E-state index contributed by atoms with van der Waals surface area (Å²) in [4.78, 5) is 11.0. The van der Waals surface area contributed by atoms with E-state index in [1.807, 2.05) is 0 Å². The highest BCUT2D eigenvalue weighted by atomic mass is 35.5. The zero-order chi connectivity index (χ0) is 13.8. The number of hydrogen-bond acceptors (Lipinski definition) is 2. The molecule has 19 heavy (non-hydrogen) atoms. The SMILES string of the molecule is O=C(Cl)c1cccc(OCc2c(Cl)cccc2Cl)c1. The average molecular weight is 316 g/mol. The van der Waals surface area contributed by atoms with Crippen molar-refractivity contribution in [1.29, 1.82) is 0 Å². The first kappa shape index (κ1) is 14.2. The Morgan fingerprint density at radius 3 is 2.32 bits per heavy atom. The highest BCUT2D eigenvalue weighted by Crippen LogP contribution is 2.26. The van der Waals surface area contributed by atoms with Crippen LogP contribution in [0.5, 0.6) is 5.75 Å². The minimum Gasteiger partial charge on any atom is -0.489 e. The minimum atomic E-state index is -0.527. The molecule has 2 rings (SSSR count). The van der Waals surface area contributed by atoms with E-state index in [-0.39, 0.29) is 6.61 Å². The van der Waals surface area contributed by atoms with E-state index in [0.29, 0.717) is 26.9 Å². The van der Waals surface area contributed by atoms with Crippen molar-refractivity contribution < 1.29 is 9.53 Å². The van der Waals surface area contributed by atoms with Crippen LogP contribution in [0.1, 0.15) is 15.9 Å². The highest BCUT2D eigenvalue weighted by Gasteiger charge is 2.07. The number of halogens is 3. The molecule has 0 aromatic heterocycles. The van der Waals surface area contributed by atoms with Crippen LogP contribution in [0.15, 0.2) is 42.5 Å². The molecule has 2 aromatic carbocycles. The number of hydrogen-bond donors (Lipinski definition) is 0. The molecule has 0 radical (unpaired) electrons. The number of rotatable bonds is 4. The molecule has 2 aromatic rings. The van der Waals surface area contributed by atoms with Gasteiger partial charge in [0.05, 0.1) is 0 Å². The standard InChI is InChI=1S/C14H9Cl3O2/c15-12-5-2-6-13(16)11(12)8-19-10-4-1-3-9(7-10)14(17)18/h1-7H,8H2. The third kappa shape index (κ3) is 3.63. The van der Waals surface area contributed by atoms with Gasteiger partial charge in [0.1, 0.15) is 12.4 Å². The topological polar surface area (TPSA) is 26.3 Å². The van der Waals surface area contributed by atoms with Crippen molar-refractivity contribution in [3.8, 4) is 5.75 Å². The normalized spacial score (nSPS) is 10.3. The summed E-state index contributed by atoms with van der Waals surface area (Å²) in [6.45, 7) is 0.221. The van der Waals surface area contributed by atoms with E-state index in [4.69, 9.17) is 39.5 Å². The van der Waals surface area contributed by atoms with E-state index in [9.17, 15) is 4.79 Å². The monoisotopic (exact) mass is 314 g/mol. The average Bonchev–Trinajstić information content (AvgIpc) is 2.38. The van der Waals surface area contributed by atoms with Gasteiger partial charge in [-0.25, -0.2) is 0 Å². The molecule has 0 fully saturated rings. The van der Waals surface area contributed by atoms with Crippen LogP contribution < -0.4 is 4.74 Å². The second-order valence-electron chi connectivity index (χ2n) is 3.79. The van der Waals surface area contributed by atoms with Crippen molar-refractivity contribution in [2.45, 2.75) is 6.61 Å². The molecule has 98 valence electrons. The lowest BCUT2D eigenvalue weighted by atomic mass is 10.2. The lowest BCUT2D eigenvalue weighted by molar-refractivity contribution is 0.108. The zero-order valence-corrected chi connectivity index (χ0v) is 12.0. The van der Waals surface area contributed by atoms with Gasteiger partial charge in [-0.3, -0.25) is 4.79 Å². The number of benzene rings is 2. The van der Waals surface area contributed by atoms with Crippen LogP contribution in [0.25, 0.3) is 0 Å². The van der Waals surface area contributed by atoms with Crippen LogP contribution in [0.3, 0.4) is 0 Å². The van der Waals surface area contributed by atoms with Crippen LogP contribution in [-0.2, 0) is 6.61 Å². The van der Waals surface area contributed by atoms with Crippen molar-refractivity contribution in [3.63, 3.8) is 0 Å². The first-order valence-corrected chi connectivity index (χ1v) is 6.57. The quantitative estimate of drug-likeness (QED) is 0.746. The van der Waals surface area contributed by atoms with E-state index >= 15 is 0 Å². The fourth-order valence-electron chi connectivity index (χ4n) is 1.53. The highest BCUT2D eigenvalue weighted by molar-refractivity contribution is 6.67. The molecule has 2 nitrogen and oxygen atoms in total. The first-order chi connectivity index (χ1) is 9.08. The zero-order valence-electron chi connectivity index (χ0n) is 9.70. The molecular weight excluding hydrogens is 307 g/mol. The summed E-state index contributed by atoms with van der Waals surface area (Å²) in [5.41, 5.74) is 1.08. The summed E-state index contributed by atoms with van der Waals surface area (Å²) in [6, 6.07) is 11.9. The number of ether oxygens (including phenoxy) is 1. The summed E-state index contributed by atoms with van der Waals surface area (Å²) in [7, 11) is 0. The van der Waals surface area contributed by atoms with Gasteiger partial charge >= 0.3 is 0 Å². The predicted octanol–water partition coefficient (Wildman–Crippen LogP) is 4.95. The van der Waals surface area contributed by atoms with E-state index in [2.05, 4.69) is 0 Å². The van der Waals surface area contributed by atoms with Crippen LogP contribution in [0, 0.1) is 0 Å². The number of carbonyl (C=O) groups excluding carboxylic acids is 1. The van der Waals surface area contributed by atoms with Crippen LogP contribution in [0.4, 0.5) is 0 Å². The predicted molar refractivity (Wildman–Crippen MR) is 77.4 cm³/mol. The van der Waals surface area contributed by atoms with Gasteiger partial charge in [-0.15, -0.1) is 0 Å². The molecular formula is C14H9Cl3O2. The smallest absolute Gasteiger partial charge is 0.252 e. The van der Waals surface area contributed by atoms with E-state index in [1.165, 1.54) is 0 Å². The second-order valence-corrected chi connectivity index (χ2v) is 4.95. The maximum atomic E-state index is 11.0. The molecule has 0 aliphatic carbocycles. The molecule has 0 atom stereocenters. The summed E-state index contributed by atoms with van der Waals surface area (Å²) >= 11 is 17.5. The lowest BCUT2D eigenvalue weighted by Gasteiger charge is -2.09. The summed E-state index contributed by atoms with van der Waals surface area (Å²) in [5, 5.41) is 0.551. The maximum absolute atomic E-state index is 11.0. The lowest BCUT2D eigenvalue weighted by Crippen LogP contribution is -1.98. The molecule has 0 heterocycles. The Kier molecular flexibility index (Phi) is 4.70. The molecule has 0 amide bonds. The van der Waals surface area contributed by atoms with Gasteiger partial charge in [0.15, 0.2) is 0 Å². The Morgan fingerprint density at radius 1 is 1.05 bits per heavy atom. The molecule has 0 unspecified atom stereocenters. The summed E-state index contributed by atoms with van der Waals surface area (Å²) in [5.74, 6) is 0.530. The second kappa shape index (κ2) is 6.29. The van der Waals surface area contributed by atoms with Crippen LogP contribution >= 0.6 is 34.8 Å². The largest absolute Gasteiger partial charge is 0.489 e. The Balaban J connectivity index is 2.15. The first-order valence-electron chi connectivity index (χ1n) is 5.43. The molecule has 0 aliphatic heterocycles. The number of carbonyl (C=O) groups is 1. The van der Waals surface area contributed by atoms with Gasteiger partial charge in [-0.2, -0.15) is 0 Å². The van der Waals surface area contributed by atoms with E-state index < -0.39 is 5.24 Å². The Morgan fingerprint density at radius 2 is 1.68 bits per heavy atom. The molecule has 0 spiro atoms. The van der Waals surface area contributed by atoms with Crippen molar-refractivity contribution in [2.24, 2.45) is 0 Å². The Labute approximate surface area is 125 Å². The molecule has 0 saturated carbocycles. The van der Waals surface area contributed by atoms with Crippen LogP contribution in [-0.4, -0.2) is 5.24 Å². The maximum Gasteiger partial charge on any atom is 0.252 e. The van der Waals surface area contributed by atoms with Crippen molar-refractivity contribution >= 4 is 40.0 Å². The van der Waals surface area contributed by atoms with Crippen LogP contribution in [0.2, 0.25) is 10.0 Å². The minimum absolute atomic E-state index is 0.221. The summed E-state index contributed by atoms with van der Waals surface area (Å²) < 4.78 is 5.56. The van der Waals surface area contributed by atoms with E-state index in [0.717, 1.165) is 0 Å². The molecule has 0 N–H and O–H groups in total. The fraction of sp³-hybridized carbons (Fsp3) is 0.0714. The Hall–Kier alpha value is -1.22. The van der Waals surface area contributed by atoms with Gasteiger partial charge in [0.25, 0.3) is 5.24 Å². The van der Waals surface area contributed by atoms with E-state index in [1.54, 1.807) is 42.5 Å². The van der Waals surface area contributed by atoms with Gasteiger partial charge in [0.2, 0.25) is 0 Å². The molecule has 0 bridgehead atoms. The van der Waals surface area contributed by atoms with Crippen molar-refractivity contribution in [2.75, 3.05) is 0 Å². The Bertz CT molecular complexity index is 591. The molecule has 5 heteroatoms. The third-order valence-corrected chi connectivity index (χ3v) is 3.43. The molecule has 0 aliphatic rings.